The number of fused-ring (bicyclic) bond motifs is 1. The Morgan fingerprint density at radius 1 is 1.10 bits per heavy atom. The highest BCUT2D eigenvalue weighted by molar-refractivity contribution is 8.00. The van der Waals surface area contributed by atoms with Gasteiger partial charge in [0, 0.05) is 17.7 Å². The van der Waals surface area contributed by atoms with Gasteiger partial charge in [-0.3, -0.25) is 14.5 Å². The molecule has 0 saturated carbocycles. The number of carbonyl (C=O) groups is 2. The molecule has 2 aliphatic heterocycles. The first-order valence-electron chi connectivity index (χ1n) is 13.1. The van der Waals surface area contributed by atoms with Crippen molar-refractivity contribution in [3.8, 4) is 11.5 Å². The van der Waals surface area contributed by atoms with E-state index in [2.05, 4.69) is 34.5 Å². The van der Waals surface area contributed by atoms with E-state index in [1.165, 1.54) is 33.6 Å². The van der Waals surface area contributed by atoms with Crippen LogP contribution in [0.3, 0.4) is 0 Å². The number of nitrogens with zero attached hydrogens (tertiary/aromatic N) is 3. The Balaban J connectivity index is 1.38. The third-order valence-electron chi connectivity index (χ3n) is 7.13. The topological polar surface area (TPSA) is 102 Å². The minimum absolute atomic E-state index is 0.00357. The zero-order valence-electron chi connectivity index (χ0n) is 22.7. The Hall–Kier alpha value is -4.15. The van der Waals surface area contributed by atoms with Crippen LogP contribution in [0, 0.1) is 6.92 Å². The van der Waals surface area contributed by atoms with Crippen LogP contribution in [0.15, 0.2) is 76.6 Å². The van der Waals surface area contributed by atoms with Crippen LogP contribution in [-0.4, -0.2) is 40.2 Å². The van der Waals surface area contributed by atoms with Gasteiger partial charge in [-0.1, -0.05) is 65.1 Å². The molecule has 2 unspecified atom stereocenters. The van der Waals surface area contributed by atoms with Gasteiger partial charge in [0.1, 0.15) is 23.4 Å². The molecule has 0 spiro atoms. The quantitative estimate of drug-likeness (QED) is 0.0913. The Kier molecular flexibility index (Phi) is 7.27. The van der Waals surface area contributed by atoms with Gasteiger partial charge in [0.25, 0.3) is 5.78 Å². The first-order chi connectivity index (χ1) is 19.8. The largest absolute Gasteiger partial charge is 0.507 e. The number of methoxy groups -OCH3 is 1. The first-order valence-corrected chi connectivity index (χ1v) is 14.9. The summed E-state index contributed by atoms with van der Waals surface area (Å²) in [4.78, 5) is 28.4. The molecular weight excluding hydrogens is 558 g/mol. The number of aryl methyl sites for hydroxylation is 1. The third kappa shape index (κ3) is 5.20. The second kappa shape index (κ2) is 11.0. The van der Waals surface area contributed by atoms with E-state index in [1.54, 1.807) is 43.5 Å². The molecule has 3 aromatic carbocycles. The van der Waals surface area contributed by atoms with Crippen LogP contribution in [0.1, 0.15) is 40.8 Å². The molecule has 208 valence electrons. The predicted octanol–water partition coefficient (Wildman–Crippen LogP) is 6.10. The maximum Gasteiger partial charge on any atom is 0.301 e. The molecule has 41 heavy (non-hydrogen) atoms. The molecule has 2 aliphatic rings. The lowest BCUT2D eigenvalue weighted by Gasteiger charge is -2.22. The summed E-state index contributed by atoms with van der Waals surface area (Å²) in [7, 11) is 1.57. The van der Waals surface area contributed by atoms with Crippen LogP contribution in [0.4, 0.5) is 5.13 Å². The van der Waals surface area contributed by atoms with Gasteiger partial charge in [-0.25, -0.2) is 0 Å². The zero-order chi connectivity index (χ0) is 28.7. The van der Waals surface area contributed by atoms with E-state index in [0.29, 0.717) is 33.4 Å². The maximum atomic E-state index is 13.5. The lowest BCUT2D eigenvalue weighted by Crippen LogP contribution is -2.29. The molecule has 2 atom stereocenters. The monoisotopic (exact) mass is 585 g/mol. The van der Waals surface area contributed by atoms with Gasteiger partial charge in [0.2, 0.25) is 5.13 Å². The van der Waals surface area contributed by atoms with Crippen molar-refractivity contribution in [1.29, 1.82) is 0 Å². The van der Waals surface area contributed by atoms with Crippen molar-refractivity contribution < 1.29 is 24.2 Å². The summed E-state index contributed by atoms with van der Waals surface area (Å²) in [6.07, 6.45) is 0.725. The fourth-order valence-corrected chi connectivity index (χ4v) is 6.87. The normalized spacial score (nSPS) is 19.3. The minimum Gasteiger partial charge on any atom is -0.507 e. The number of carbonyl (C=O) groups excluding carboxylic acids is 2. The van der Waals surface area contributed by atoms with E-state index in [0.717, 1.165) is 16.9 Å². The van der Waals surface area contributed by atoms with E-state index in [9.17, 15) is 14.7 Å². The lowest BCUT2D eigenvalue weighted by atomic mass is 9.94. The van der Waals surface area contributed by atoms with Crippen molar-refractivity contribution in [2.75, 3.05) is 12.0 Å². The molecule has 4 aromatic rings. The number of Topliss-reactive ketones (excluding diaryl/α,β-unsaturated/α-hetero) is 1. The smallest absolute Gasteiger partial charge is 0.301 e. The summed E-state index contributed by atoms with van der Waals surface area (Å²) in [5.74, 6) is 0.285. The van der Waals surface area contributed by atoms with Gasteiger partial charge in [0.05, 0.1) is 18.7 Å². The minimum atomic E-state index is -0.896. The highest BCUT2D eigenvalue weighted by Gasteiger charge is 2.48. The van der Waals surface area contributed by atoms with Crippen molar-refractivity contribution in [2.45, 2.75) is 42.5 Å². The Morgan fingerprint density at radius 3 is 2.59 bits per heavy atom. The Labute approximate surface area is 245 Å². The van der Waals surface area contributed by atoms with Gasteiger partial charge in [-0.2, -0.15) is 0 Å². The summed E-state index contributed by atoms with van der Waals surface area (Å²) in [6, 6.07) is 19.7. The summed E-state index contributed by atoms with van der Waals surface area (Å²) >= 11 is 2.75. The average molecular weight is 586 g/mol. The summed E-state index contributed by atoms with van der Waals surface area (Å²) in [5.41, 5.74) is 4.35. The van der Waals surface area contributed by atoms with Crippen molar-refractivity contribution in [3.63, 3.8) is 0 Å². The molecule has 6 rings (SSSR count). The number of ketones is 1. The predicted molar refractivity (Wildman–Crippen MR) is 159 cm³/mol. The number of benzene rings is 3. The van der Waals surface area contributed by atoms with Crippen molar-refractivity contribution >= 4 is 45.7 Å². The van der Waals surface area contributed by atoms with E-state index in [4.69, 9.17) is 9.47 Å². The highest BCUT2D eigenvalue weighted by Crippen LogP contribution is 2.45. The van der Waals surface area contributed by atoms with Gasteiger partial charge >= 0.3 is 5.91 Å². The second-order valence-electron chi connectivity index (χ2n) is 10.0. The molecule has 0 bridgehead atoms. The first kappa shape index (κ1) is 27.0. The number of amides is 1. The molecule has 0 radical (unpaired) electrons. The molecular formula is C31H27N3O5S2. The molecule has 1 N–H and O–H groups in total. The number of anilines is 1. The van der Waals surface area contributed by atoms with E-state index < -0.39 is 17.7 Å². The number of aliphatic hydroxyl groups excluding tert-OH is 1. The number of hydrogen-bond donors (Lipinski definition) is 1. The van der Waals surface area contributed by atoms with Gasteiger partial charge in [0.15, 0.2) is 4.34 Å². The molecule has 1 amide bonds. The van der Waals surface area contributed by atoms with Crippen LogP contribution in [-0.2, 0) is 21.8 Å². The molecule has 1 aromatic heterocycles. The number of ether oxygens (including phenoxy) is 2. The molecule has 1 fully saturated rings. The Morgan fingerprint density at radius 2 is 1.85 bits per heavy atom. The molecule has 3 heterocycles. The van der Waals surface area contributed by atoms with E-state index in [1.807, 2.05) is 19.9 Å². The van der Waals surface area contributed by atoms with Gasteiger partial charge in [-0.05, 0) is 60.9 Å². The van der Waals surface area contributed by atoms with E-state index in [-0.39, 0.29) is 22.6 Å². The van der Waals surface area contributed by atoms with Crippen LogP contribution in [0.2, 0.25) is 0 Å². The van der Waals surface area contributed by atoms with Crippen molar-refractivity contribution in [3.05, 3.63) is 100 Å². The number of aromatic nitrogens is 2. The van der Waals surface area contributed by atoms with Crippen molar-refractivity contribution in [2.24, 2.45) is 0 Å². The number of aliphatic hydroxyl groups is 1. The van der Waals surface area contributed by atoms with E-state index >= 15 is 0 Å². The number of rotatable bonds is 7. The number of thioether (sulfide) groups is 1. The number of hydrogen-bond acceptors (Lipinski definition) is 9. The highest BCUT2D eigenvalue weighted by atomic mass is 32.2. The molecule has 10 heteroatoms. The van der Waals surface area contributed by atoms with Crippen LogP contribution in [0.5, 0.6) is 11.5 Å². The standard InChI is InChI=1S/C31H27N3O5S2/c1-17-4-6-19(7-5-17)16-40-31-33-32-30(41-31)34-26(20-8-11-23(38-3)12-9-20)25(28(36)29(34)37)27(35)21-10-13-24-22(15-21)14-18(2)39-24/h4-13,15,18,26,35H,14,16H2,1-3H3/b27-25+. The van der Waals surface area contributed by atoms with Crippen LogP contribution < -0.4 is 14.4 Å². The maximum absolute atomic E-state index is 13.5. The fourth-order valence-electron chi connectivity index (χ4n) is 5.04. The summed E-state index contributed by atoms with van der Waals surface area (Å²) < 4.78 is 11.8. The average Bonchev–Trinajstić information content (AvgIpc) is 3.67. The Bertz CT molecular complexity index is 1660. The second-order valence-corrected chi connectivity index (χ2v) is 12.2. The SMILES string of the molecule is COc1ccc(C2/C(=C(\O)c3ccc4c(c3)CC(C)O4)C(=O)C(=O)N2c2nnc(SCc3ccc(C)cc3)s2)cc1. The molecule has 1 saturated heterocycles. The molecule has 8 nitrogen and oxygen atoms in total. The molecule has 0 aliphatic carbocycles. The van der Waals surface area contributed by atoms with Gasteiger partial charge < -0.3 is 14.6 Å². The lowest BCUT2D eigenvalue weighted by molar-refractivity contribution is -0.132. The van der Waals surface area contributed by atoms with Gasteiger partial charge in [-0.15, -0.1) is 10.2 Å². The van der Waals surface area contributed by atoms with Crippen LogP contribution >= 0.6 is 23.1 Å². The van der Waals surface area contributed by atoms with Crippen LogP contribution in [0.25, 0.3) is 5.76 Å². The summed E-state index contributed by atoms with van der Waals surface area (Å²) in [5, 5.41) is 20.4. The fraction of sp³-hybridized carbons (Fsp3) is 0.226. The summed E-state index contributed by atoms with van der Waals surface area (Å²) in [6.45, 7) is 4.02. The third-order valence-corrected chi connectivity index (χ3v) is 9.26. The van der Waals surface area contributed by atoms with Crippen molar-refractivity contribution in [1.82, 2.24) is 10.2 Å². The zero-order valence-corrected chi connectivity index (χ0v) is 24.3.